The second-order valence-electron chi connectivity index (χ2n) is 24.9. The molecule has 1 aliphatic rings. The molecule has 2 unspecified atom stereocenters. The second-order valence-corrected chi connectivity index (χ2v) is 33.9. The molecular weight excluding hydrogens is 1650 g/mol. The lowest BCUT2D eigenvalue weighted by molar-refractivity contribution is 0.0748. The third-order valence-electron chi connectivity index (χ3n) is 17.7. The van der Waals surface area contributed by atoms with Crippen LogP contribution in [0.3, 0.4) is 0 Å². The number of benzene rings is 11. The van der Waals surface area contributed by atoms with Crippen LogP contribution in [0, 0.1) is 0 Å². The summed E-state index contributed by atoms with van der Waals surface area (Å²) in [5.41, 5.74) is 10.4. The van der Waals surface area contributed by atoms with Gasteiger partial charge in [-0.2, -0.15) is 11.3 Å². The molecule has 0 spiro atoms. The SMILES string of the molecule is Brc1cccc(-c2ccc(-c3ccccc3)s2)c1.Brc1ccccc1.OB(O)c1ccc(-c2ccccc2)s1.OB(O)c1cccs1.OC1(c2cccc(-c3ccc(-c4ccccc4)s3)c2)c2ccccc2C(O)(c2cccc(-c3ccc(-c4ccccc4)s3)c2)c2cc(Br)ccc21.c1ccc(-c2cccs2)cc1. The van der Waals surface area contributed by atoms with E-state index in [9.17, 15) is 10.2 Å². The highest BCUT2D eigenvalue weighted by atomic mass is 79.9. The highest BCUT2D eigenvalue weighted by molar-refractivity contribution is 9.11. The first kappa shape index (κ1) is 78.1. The lowest BCUT2D eigenvalue weighted by Gasteiger charge is -2.45. The van der Waals surface area contributed by atoms with Gasteiger partial charge in [0, 0.05) is 67.6 Å². The van der Waals surface area contributed by atoms with Gasteiger partial charge in [-0.15, -0.1) is 56.7 Å². The van der Waals surface area contributed by atoms with Gasteiger partial charge >= 0.3 is 14.2 Å². The van der Waals surface area contributed by atoms with Crippen molar-refractivity contribution >= 4 is 140 Å². The number of fused-ring (bicyclic) bond motifs is 2. The molecule has 18 rings (SSSR count). The maximum Gasteiger partial charge on any atom is 0.499 e. The molecule has 0 radical (unpaired) electrons. The van der Waals surface area contributed by atoms with Gasteiger partial charge < -0.3 is 30.3 Å². The highest BCUT2D eigenvalue weighted by Crippen LogP contribution is 2.55. The molecule has 0 bridgehead atoms. The minimum Gasteiger partial charge on any atom is -0.423 e. The first-order valence-electron chi connectivity index (χ1n) is 34.7. The number of hydrogen-bond donors (Lipinski definition) is 6. The maximum absolute atomic E-state index is 13.2. The molecule has 17 heteroatoms. The standard InChI is InChI=1S/C46H31BrO2S2.C16H11BrS.C10H9BO2S.C10H8S.C6H5Br.C4H5BO2S/c47-36-21-22-39-40(29-36)46(49,35-18-10-16-33(28-35)44-26-24-42(51-44)31-13-5-2-6-14-31)38-20-8-7-19-37(38)45(39,48)34-17-9-15-32(27-34)43-25-23-41(50-43)30-11-3-1-4-12-30;17-14-8-4-7-13(11-14)16-10-9-15(18-16)12-5-2-1-3-6-12;12-11(13)10-7-6-9(14-10)8-4-2-1-3-5-8;1-2-5-9(6-3-1)10-7-4-8-11-10;7-6-4-2-1-3-5-6;6-5(7)4-2-1-3-8-4/h1-29,48-49H;1-11H;1-7,12-13H;1-8H;1-5H;1-3,6-7H. The predicted octanol–water partition coefficient (Wildman–Crippen LogP) is 24.4. The maximum atomic E-state index is 13.2. The van der Waals surface area contributed by atoms with Gasteiger partial charge in [-0.25, -0.2) is 0 Å². The van der Waals surface area contributed by atoms with E-state index in [0.29, 0.717) is 31.8 Å². The minimum absolute atomic E-state index is 0.573. The summed E-state index contributed by atoms with van der Waals surface area (Å²) in [7, 11) is -2.66. The van der Waals surface area contributed by atoms with Crippen LogP contribution in [-0.2, 0) is 11.2 Å². The van der Waals surface area contributed by atoms with Gasteiger partial charge in [-0.1, -0.05) is 321 Å². The summed E-state index contributed by atoms with van der Waals surface area (Å²) in [5.74, 6) is 0. The summed E-state index contributed by atoms with van der Waals surface area (Å²) >= 11 is 20.3. The summed E-state index contributed by atoms with van der Waals surface area (Å²) in [6, 6.07) is 124. The number of halogens is 3. The monoisotopic (exact) mass is 1720 g/mol. The van der Waals surface area contributed by atoms with Crippen LogP contribution in [0.5, 0.6) is 0 Å². The van der Waals surface area contributed by atoms with E-state index in [4.69, 9.17) is 20.1 Å². The van der Waals surface area contributed by atoms with Gasteiger partial charge in [0.15, 0.2) is 0 Å². The van der Waals surface area contributed by atoms with Crippen molar-refractivity contribution in [2.24, 2.45) is 0 Å². The Morgan fingerprint density at radius 2 is 0.541 bits per heavy atom. The van der Waals surface area contributed by atoms with Crippen LogP contribution in [0.25, 0.3) is 83.5 Å². The molecule has 0 amide bonds. The minimum atomic E-state index is -1.53. The van der Waals surface area contributed by atoms with E-state index in [-0.39, 0.29) is 0 Å². The molecule has 6 N–H and O–H groups in total. The van der Waals surface area contributed by atoms with Gasteiger partial charge in [-0.3, -0.25) is 0 Å². The summed E-state index contributed by atoms with van der Waals surface area (Å²) in [6.45, 7) is 0. The Labute approximate surface area is 685 Å². The van der Waals surface area contributed by atoms with Gasteiger partial charge in [0.05, 0.1) is 0 Å². The third-order valence-corrected chi connectivity index (χ3v) is 25.8. The fourth-order valence-electron chi connectivity index (χ4n) is 12.5. The Morgan fingerprint density at radius 1 is 0.220 bits per heavy atom. The largest absolute Gasteiger partial charge is 0.499 e. The molecule has 17 aromatic rings. The number of aliphatic hydroxyl groups is 2. The molecule has 0 aliphatic heterocycles. The average molecular weight is 1720 g/mol. The third kappa shape index (κ3) is 19.4. The Kier molecular flexibility index (Phi) is 26.9. The van der Waals surface area contributed by atoms with Crippen molar-refractivity contribution in [3.63, 3.8) is 0 Å². The van der Waals surface area contributed by atoms with E-state index in [2.05, 4.69) is 247 Å². The van der Waals surface area contributed by atoms with Crippen LogP contribution in [0.4, 0.5) is 0 Å². The Bertz CT molecular complexity index is 5670. The lowest BCUT2D eigenvalue weighted by Crippen LogP contribution is -2.44. The van der Waals surface area contributed by atoms with Crippen LogP contribution in [0.1, 0.15) is 33.4 Å². The van der Waals surface area contributed by atoms with E-state index in [0.717, 1.165) is 55.9 Å². The van der Waals surface area contributed by atoms with Gasteiger partial charge in [-0.05, 0) is 180 Å². The molecule has 0 saturated heterocycles. The van der Waals surface area contributed by atoms with E-state index in [1.165, 1.54) is 74.9 Å². The quantitative estimate of drug-likeness (QED) is 0.0678. The highest BCUT2D eigenvalue weighted by Gasteiger charge is 2.51. The number of thiophene rings is 6. The van der Waals surface area contributed by atoms with Gasteiger partial charge in [0.1, 0.15) is 11.2 Å². The molecule has 6 aromatic heterocycles. The smallest absolute Gasteiger partial charge is 0.423 e. The summed E-state index contributed by atoms with van der Waals surface area (Å²) in [4.78, 5) is 9.63. The summed E-state index contributed by atoms with van der Waals surface area (Å²) in [5, 5.41) is 65.2. The number of hydrogen-bond acceptors (Lipinski definition) is 12. The molecule has 2 atom stereocenters. The zero-order valence-corrected chi connectivity index (χ0v) is 68.0. The van der Waals surface area contributed by atoms with E-state index in [1.807, 2.05) is 169 Å². The van der Waals surface area contributed by atoms with Crippen LogP contribution in [0.2, 0.25) is 0 Å². The van der Waals surface area contributed by atoms with Crippen molar-refractivity contribution in [2.45, 2.75) is 11.2 Å². The molecule has 1 aliphatic carbocycles. The fourth-order valence-corrected chi connectivity index (χ4v) is 18.8. The number of rotatable bonds is 12. The lowest BCUT2D eigenvalue weighted by atomic mass is 9.63. The Hall–Kier alpha value is -9.05. The van der Waals surface area contributed by atoms with E-state index < -0.39 is 25.4 Å². The molecule has 6 nitrogen and oxygen atoms in total. The van der Waals surface area contributed by atoms with E-state index >= 15 is 0 Å². The molecule has 6 heterocycles. The van der Waals surface area contributed by atoms with Crippen LogP contribution in [-0.4, -0.2) is 44.5 Å². The van der Waals surface area contributed by atoms with Crippen LogP contribution in [0.15, 0.2) is 394 Å². The molecule has 0 saturated carbocycles. The molecule has 109 heavy (non-hydrogen) atoms. The van der Waals surface area contributed by atoms with Crippen molar-refractivity contribution in [1.29, 1.82) is 0 Å². The van der Waals surface area contributed by atoms with Crippen molar-refractivity contribution in [1.82, 2.24) is 0 Å². The average Bonchev–Trinajstić information content (AvgIpc) is 1.52. The zero-order valence-electron chi connectivity index (χ0n) is 58.3. The molecule has 536 valence electrons. The van der Waals surface area contributed by atoms with Crippen molar-refractivity contribution in [2.75, 3.05) is 0 Å². The fraction of sp³-hybridized carbons (Fsp3) is 0.0217. The summed E-state index contributed by atoms with van der Waals surface area (Å²) < 4.78 is 4.24. The first-order chi connectivity index (χ1) is 53.2. The normalized spacial score (nSPS) is 13.6. The van der Waals surface area contributed by atoms with Crippen LogP contribution >= 0.6 is 116 Å². The Balaban J connectivity index is 0.000000144. The summed E-state index contributed by atoms with van der Waals surface area (Å²) in [6.07, 6.45) is 0. The topological polar surface area (TPSA) is 121 Å². The van der Waals surface area contributed by atoms with Gasteiger partial charge in [0.25, 0.3) is 0 Å². The molecule has 11 aromatic carbocycles. The molecular formula is C92H69B2Br3O6S6. The van der Waals surface area contributed by atoms with E-state index in [1.54, 1.807) is 57.6 Å². The predicted molar refractivity (Wildman–Crippen MR) is 476 cm³/mol. The molecule has 0 fully saturated rings. The second kappa shape index (κ2) is 37.6. The van der Waals surface area contributed by atoms with Crippen LogP contribution < -0.4 is 9.55 Å². The van der Waals surface area contributed by atoms with Gasteiger partial charge in [0.2, 0.25) is 0 Å². The van der Waals surface area contributed by atoms with Crippen molar-refractivity contribution in [3.8, 4) is 83.5 Å². The first-order valence-corrected chi connectivity index (χ1v) is 42.1. The van der Waals surface area contributed by atoms with Crippen molar-refractivity contribution in [3.05, 3.63) is 428 Å². The Morgan fingerprint density at radius 3 is 0.908 bits per heavy atom. The zero-order chi connectivity index (χ0) is 75.5. The van der Waals surface area contributed by atoms with Crippen molar-refractivity contribution < 1.29 is 30.3 Å².